The summed E-state index contributed by atoms with van der Waals surface area (Å²) in [6, 6.07) is 12.6. The van der Waals surface area contributed by atoms with Crippen molar-refractivity contribution in [3.05, 3.63) is 52.5 Å². The third-order valence-electron chi connectivity index (χ3n) is 4.91. The maximum Gasteiger partial charge on any atom is 0.243 e. The summed E-state index contributed by atoms with van der Waals surface area (Å²) in [5.74, 6) is 0.369. The molecule has 4 rings (SSSR count). The second-order valence-electron chi connectivity index (χ2n) is 7.12. The zero-order valence-corrected chi connectivity index (χ0v) is 17.9. The predicted octanol–water partition coefficient (Wildman–Crippen LogP) is 3.24. The molecule has 0 unspecified atom stereocenters. The predicted molar refractivity (Wildman–Crippen MR) is 109 cm³/mol. The summed E-state index contributed by atoms with van der Waals surface area (Å²) in [5, 5.41) is 8.07. The standard InChI is InChI=1S/C19H21BrN4O3S/c1-14-3-2-10-23(12-14)28(25,26)17-8-9-18-19(11-17)24(22-21-18)27-13-15-4-6-16(20)7-5-15/h4-9,11,14H,2-3,10,12-13H2,1H3/t14-/m1/s1. The van der Waals surface area contributed by atoms with E-state index in [1.54, 1.807) is 22.5 Å². The minimum absolute atomic E-state index is 0.241. The monoisotopic (exact) mass is 464 g/mol. The summed E-state index contributed by atoms with van der Waals surface area (Å²) in [5.41, 5.74) is 2.09. The summed E-state index contributed by atoms with van der Waals surface area (Å²) in [6.07, 6.45) is 1.95. The maximum atomic E-state index is 13.1. The second kappa shape index (κ2) is 7.81. The number of sulfonamides is 1. The molecule has 0 N–H and O–H groups in total. The van der Waals surface area contributed by atoms with Gasteiger partial charge >= 0.3 is 0 Å². The van der Waals surface area contributed by atoms with Crippen LogP contribution in [0.15, 0.2) is 51.8 Å². The number of benzene rings is 2. The fourth-order valence-electron chi connectivity index (χ4n) is 3.36. The normalized spacial score (nSPS) is 18.4. The second-order valence-corrected chi connectivity index (χ2v) is 9.98. The van der Waals surface area contributed by atoms with Crippen molar-refractivity contribution in [2.75, 3.05) is 13.1 Å². The number of aromatic nitrogens is 3. The van der Waals surface area contributed by atoms with E-state index in [0.29, 0.717) is 36.6 Å². The number of halogens is 1. The first-order valence-electron chi connectivity index (χ1n) is 9.17. The Morgan fingerprint density at radius 3 is 2.75 bits per heavy atom. The number of fused-ring (bicyclic) bond motifs is 1. The van der Waals surface area contributed by atoms with Gasteiger partial charge in [-0.25, -0.2) is 8.42 Å². The van der Waals surface area contributed by atoms with Crippen molar-refractivity contribution in [2.24, 2.45) is 5.92 Å². The molecule has 1 atom stereocenters. The third kappa shape index (κ3) is 3.92. The Bertz CT molecular complexity index is 1080. The molecule has 148 valence electrons. The highest BCUT2D eigenvalue weighted by atomic mass is 79.9. The molecule has 0 aliphatic carbocycles. The Hall–Kier alpha value is -1.97. The van der Waals surface area contributed by atoms with Crippen LogP contribution < -0.4 is 4.84 Å². The van der Waals surface area contributed by atoms with Crippen LogP contribution >= 0.6 is 15.9 Å². The lowest BCUT2D eigenvalue weighted by atomic mass is 10.0. The molecule has 3 aromatic rings. The lowest BCUT2D eigenvalue weighted by Crippen LogP contribution is -2.39. The van der Waals surface area contributed by atoms with Crippen molar-refractivity contribution in [2.45, 2.75) is 31.3 Å². The Morgan fingerprint density at radius 1 is 1.21 bits per heavy atom. The van der Waals surface area contributed by atoms with E-state index in [-0.39, 0.29) is 4.90 Å². The van der Waals surface area contributed by atoms with Gasteiger partial charge in [-0.1, -0.05) is 39.8 Å². The van der Waals surface area contributed by atoms with Gasteiger partial charge in [-0.2, -0.15) is 4.31 Å². The molecule has 1 aromatic heterocycles. The van der Waals surface area contributed by atoms with Gasteiger partial charge < -0.3 is 4.84 Å². The molecule has 0 spiro atoms. The van der Waals surface area contributed by atoms with Crippen LogP contribution in [0, 0.1) is 5.92 Å². The Labute approximate surface area is 172 Å². The molecule has 1 fully saturated rings. The first-order valence-corrected chi connectivity index (χ1v) is 11.4. The summed E-state index contributed by atoms with van der Waals surface area (Å²) >= 11 is 3.40. The van der Waals surface area contributed by atoms with Gasteiger partial charge in [0.25, 0.3) is 0 Å². The molecule has 0 amide bonds. The van der Waals surface area contributed by atoms with Crippen LogP contribution in [-0.2, 0) is 16.6 Å². The summed E-state index contributed by atoms with van der Waals surface area (Å²) in [4.78, 5) is 7.26. The molecule has 7 nitrogen and oxygen atoms in total. The molecular formula is C19H21BrN4O3S. The van der Waals surface area contributed by atoms with Crippen molar-refractivity contribution < 1.29 is 13.3 Å². The lowest BCUT2D eigenvalue weighted by molar-refractivity contribution is 0.0751. The van der Waals surface area contributed by atoms with E-state index in [0.717, 1.165) is 22.9 Å². The van der Waals surface area contributed by atoms with Crippen LogP contribution in [0.2, 0.25) is 0 Å². The number of rotatable bonds is 5. The van der Waals surface area contributed by atoms with Crippen LogP contribution in [-0.4, -0.2) is 41.0 Å². The Morgan fingerprint density at radius 2 is 2.00 bits per heavy atom. The van der Waals surface area contributed by atoms with Crippen LogP contribution in [0.25, 0.3) is 11.0 Å². The van der Waals surface area contributed by atoms with Gasteiger partial charge in [0, 0.05) is 17.6 Å². The smallest absolute Gasteiger partial charge is 0.243 e. The van der Waals surface area contributed by atoms with Gasteiger partial charge in [0.2, 0.25) is 10.0 Å². The van der Waals surface area contributed by atoms with Crippen molar-refractivity contribution in [3.8, 4) is 0 Å². The highest BCUT2D eigenvalue weighted by Crippen LogP contribution is 2.25. The molecule has 1 aliphatic heterocycles. The minimum atomic E-state index is -3.55. The van der Waals surface area contributed by atoms with Crippen molar-refractivity contribution >= 4 is 37.0 Å². The van der Waals surface area contributed by atoms with E-state index in [4.69, 9.17) is 4.84 Å². The molecule has 1 aliphatic rings. The van der Waals surface area contributed by atoms with Gasteiger partial charge in [0.05, 0.1) is 4.90 Å². The summed E-state index contributed by atoms with van der Waals surface area (Å²) in [6.45, 7) is 3.49. The molecular weight excluding hydrogens is 444 g/mol. The lowest BCUT2D eigenvalue weighted by Gasteiger charge is -2.30. The highest BCUT2D eigenvalue weighted by molar-refractivity contribution is 9.10. The summed E-state index contributed by atoms with van der Waals surface area (Å²) < 4.78 is 28.7. The van der Waals surface area contributed by atoms with E-state index in [1.807, 2.05) is 24.3 Å². The molecule has 1 saturated heterocycles. The highest BCUT2D eigenvalue weighted by Gasteiger charge is 2.29. The molecule has 2 heterocycles. The maximum absolute atomic E-state index is 13.1. The van der Waals surface area contributed by atoms with Crippen LogP contribution in [0.1, 0.15) is 25.3 Å². The van der Waals surface area contributed by atoms with Gasteiger partial charge in [-0.3, -0.25) is 0 Å². The van der Waals surface area contributed by atoms with Crippen molar-refractivity contribution in [1.82, 2.24) is 19.5 Å². The fourth-order valence-corrected chi connectivity index (χ4v) is 5.25. The Kier molecular flexibility index (Phi) is 5.39. The number of hydrogen-bond acceptors (Lipinski definition) is 5. The number of hydrogen-bond donors (Lipinski definition) is 0. The third-order valence-corrected chi connectivity index (χ3v) is 7.30. The Balaban J connectivity index is 1.59. The zero-order chi connectivity index (χ0) is 19.7. The first-order chi connectivity index (χ1) is 13.4. The van der Waals surface area contributed by atoms with Gasteiger partial charge in [0.15, 0.2) is 0 Å². The number of piperidine rings is 1. The molecule has 0 saturated carbocycles. The van der Waals surface area contributed by atoms with Gasteiger partial charge in [0.1, 0.15) is 17.6 Å². The quantitative estimate of drug-likeness (QED) is 0.578. The van der Waals surface area contributed by atoms with E-state index in [2.05, 4.69) is 33.2 Å². The largest absolute Gasteiger partial charge is 0.390 e. The van der Waals surface area contributed by atoms with Crippen LogP contribution in [0.4, 0.5) is 0 Å². The van der Waals surface area contributed by atoms with E-state index < -0.39 is 10.0 Å². The van der Waals surface area contributed by atoms with Gasteiger partial charge in [-0.15, -0.1) is 5.10 Å². The van der Waals surface area contributed by atoms with E-state index in [1.165, 1.54) is 4.85 Å². The molecule has 0 radical (unpaired) electrons. The average Bonchev–Trinajstić information content (AvgIpc) is 3.10. The van der Waals surface area contributed by atoms with Crippen LogP contribution in [0.3, 0.4) is 0 Å². The molecule has 9 heteroatoms. The van der Waals surface area contributed by atoms with Crippen LogP contribution in [0.5, 0.6) is 0 Å². The molecule has 2 aromatic carbocycles. The molecule has 0 bridgehead atoms. The molecule has 28 heavy (non-hydrogen) atoms. The van der Waals surface area contributed by atoms with E-state index >= 15 is 0 Å². The topological polar surface area (TPSA) is 77.3 Å². The van der Waals surface area contributed by atoms with Gasteiger partial charge in [-0.05, 0) is 59.9 Å². The SMILES string of the molecule is C[C@@H]1CCCN(S(=O)(=O)c2ccc3nnn(OCc4ccc(Br)cc4)c3c2)C1. The summed E-state index contributed by atoms with van der Waals surface area (Å²) in [7, 11) is -3.55. The number of nitrogens with zero attached hydrogens (tertiary/aromatic N) is 4. The zero-order valence-electron chi connectivity index (χ0n) is 15.5. The first kappa shape index (κ1) is 19.4. The van der Waals surface area contributed by atoms with Crippen molar-refractivity contribution in [3.63, 3.8) is 0 Å². The van der Waals surface area contributed by atoms with Crippen molar-refractivity contribution in [1.29, 1.82) is 0 Å². The van der Waals surface area contributed by atoms with E-state index in [9.17, 15) is 8.42 Å². The average molecular weight is 465 g/mol. The fraction of sp³-hybridized carbons (Fsp3) is 0.368. The minimum Gasteiger partial charge on any atom is -0.390 e.